The lowest BCUT2D eigenvalue weighted by molar-refractivity contribution is -0.133. The molecule has 29 heavy (non-hydrogen) atoms. The highest BCUT2D eigenvalue weighted by Crippen LogP contribution is 2.19. The number of hydrogen-bond donors (Lipinski definition) is 1. The molecule has 0 radical (unpaired) electrons. The molecule has 1 aromatic carbocycles. The maximum absolute atomic E-state index is 12.6. The van der Waals surface area contributed by atoms with Crippen molar-refractivity contribution in [3.63, 3.8) is 0 Å². The molecule has 4 rings (SSSR count). The largest absolute Gasteiger partial charge is 0.338 e. The van der Waals surface area contributed by atoms with Gasteiger partial charge in [0.15, 0.2) is 0 Å². The maximum atomic E-state index is 12.6. The Balaban J connectivity index is 1.26. The summed E-state index contributed by atoms with van der Waals surface area (Å²) < 4.78 is 0. The summed E-state index contributed by atoms with van der Waals surface area (Å²) in [5.41, 5.74) is 2.66. The van der Waals surface area contributed by atoms with Crippen molar-refractivity contribution >= 4 is 17.6 Å². The molecule has 2 saturated heterocycles. The number of urea groups is 1. The third kappa shape index (κ3) is 4.92. The second-order valence-corrected chi connectivity index (χ2v) is 7.57. The Kier molecular flexibility index (Phi) is 6.05. The summed E-state index contributed by atoms with van der Waals surface area (Å²) >= 11 is 0. The first-order valence-electron chi connectivity index (χ1n) is 10.3. The van der Waals surface area contributed by atoms with Crippen molar-refractivity contribution in [3.8, 4) is 11.3 Å². The zero-order valence-corrected chi connectivity index (χ0v) is 16.6. The molecule has 0 saturated carbocycles. The summed E-state index contributed by atoms with van der Waals surface area (Å²) in [6.45, 7) is 4.86. The normalized spacial score (nSPS) is 17.4. The van der Waals surface area contributed by atoms with Crippen LogP contribution in [-0.4, -0.2) is 77.4 Å². The van der Waals surface area contributed by atoms with E-state index < -0.39 is 0 Å². The molecule has 152 valence electrons. The Morgan fingerprint density at radius 1 is 0.862 bits per heavy atom. The second kappa shape index (κ2) is 9.05. The van der Waals surface area contributed by atoms with Crippen LogP contribution in [-0.2, 0) is 4.79 Å². The zero-order chi connectivity index (χ0) is 20.1. The van der Waals surface area contributed by atoms with Crippen molar-refractivity contribution in [3.05, 3.63) is 48.7 Å². The topological polar surface area (TPSA) is 68.8 Å². The summed E-state index contributed by atoms with van der Waals surface area (Å²) in [5, 5.41) is 2.95. The first-order valence-corrected chi connectivity index (χ1v) is 10.3. The highest BCUT2D eigenvalue weighted by molar-refractivity contribution is 5.90. The van der Waals surface area contributed by atoms with Crippen molar-refractivity contribution in [2.45, 2.75) is 12.8 Å². The predicted octanol–water partition coefficient (Wildman–Crippen LogP) is 2.52. The predicted molar refractivity (Wildman–Crippen MR) is 113 cm³/mol. The molecule has 7 nitrogen and oxygen atoms in total. The van der Waals surface area contributed by atoms with Gasteiger partial charge in [0.05, 0.1) is 12.2 Å². The van der Waals surface area contributed by atoms with Gasteiger partial charge in [-0.1, -0.05) is 18.2 Å². The fourth-order valence-electron chi connectivity index (χ4n) is 3.85. The standard InChI is InChI=1S/C22H27N5O2/c28-21(17-25-11-3-4-12-25)26-13-15-27(16-14-26)22(29)24-19-8-6-18(7-9-19)20-5-1-2-10-23-20/h1-2,5-10H,3-4,11-17H2,(H,24,29). The van der Waals surface area contributed by atoms with Crippen LogP contribution in [0.4, 0.5) is 10.5 Å². The molecule has 1 N–H and O–H groups in total. The van der Waals surface area contributed by atoms with Crippen LogP contribution in [0.3, 0.4) is 0 Å². The number of nitrogens with one attached hydrogen (secondary N) is 1. The minimum atomic E-state index is -0.123. The summed E-state index contributed by atoms with van der Waals surface area (Å²) in [6.07, 6.45) is 4.13. The lowest BCUT2D eigenvalue weighted by Crippen LogP contribution is -2.53. The van der Waals surface area contributed by atoms with Gasteiger partial charge >= 0.3 is 6.03 Å². The van der Waals surface area contributed by atoms with Crippen LogP contribution >= 0.6 is 0 Å². The smallest absolute Gasteiger partial charge is 0.321 e. The van der Waals surface area contributed by atoms with Crippen LogP contribution in [0.25, 0.3) is 11.3 Å². The maximum Gasteiger partial charge on any atom is 0.321 e. The van der Waals surface area contributed by atoms with Crippen molar-refractivity contribution in [1.82, 2.24) is 19.7 Å². The Labute approximate surface area is 171 Å². The van der Waals surface area contributed by atoms with Crippen LogP contribution in [0.1, 0.15) is 12.8 Å². The van der Waals surface area contributed by atoms with Gasteiger partial charge in [-0.15, -0.1) is 0 Å². The summed E-state index contributed by atoms with van der Waals surface area (Å²) in [4.78, 5) is 35.2. The Hall–Kier alpha value is -2.93. The minimum Gasteiger partial charge on any atom is -0.338 e. The number of amides is 3. The average molecular weight is 393 g/mol. The van der Waals surface area contributed by atoms with Gasteiger partial charge < -0.3 is 15.1 Å². The van der Waals surface area contributed by atoms with Crippen molar-refractivity contribution in [2.75, 3.05) is 51.1 Å². The Morgan fingerprint density at radius 2 is 1.55 bits per heavy atom. The number of carbonyl (C=O) groups is 2. The van der Waals surface area contributed by atoms with E-state index in [-0.39, 0.29) is 11.9 Å². The van der Waals surface area contributed by atoms with Gasteiger partial charge in [0.1, 0.15) is 0 Å². The molecule has 3 heterocycles. The van der Waals surface area contributed by atoms with Crippen LogP contribution in [0.15, 0.2) is 48.7 Å². The minimum absolute atomic E-state index is 0.123. The van der Waals surface area contributed by atoms with Gasteiger partial charge in [-0.05, 0) is 50.2 Å². The van der Waals surface area contributed by atoms with Crippen molar-refractivity contribution < 1.29 is 9.59 Å². The number of piperazine rings is 1. The number of aromatic nitrogens is 1. The fraction of sp³-hybridized carbons (Fsp3) is 0.409. The highest BCUT2D eigenvalue weighted by atomic mass is 16.2. The quantitative estimate of drug-likeness (QED) is 0.867. The summed E-state index contributed by atoms with van der Waals surface area (Å²) in [5.74, 6) is 0.178. The van der Waals surface area contributed by atoms with Gasteiger partial charge in [0.25, 0.3) is 0 Å². The zero-order valence-electron chi connectivity index (χ0n) is 16.6. The van der Waals surface area contributed by atoms with E-state index in [2.05, 4.69) is 15.2 Å². The number of nitrogens with zero attached hydrogens (tertiary/aromatic N) is 4. The first kappa shape index (κ1) is 19.4. The molecule has 0 unspecified atom stereocenters. The molecule has 2 fully saturated rings. The van der Waals surface area contributed by atoms with E-state index in [0.717, 1.165) is 30.0 Å². The number of benzene rings is 1. The third-order valence-corrected chi connectivity index (χ3v) is 5.57. The van der Waals surface area contributed by atoms with E-state index in [9.17, 15) is 9.59 Å². The number of carbonyl (C=O) groups excluding carboxylic acids is 2. The molecular formula is C22H27N5O2. The molecule has 0 spiro atoms. The van der Waals surface area contributed by atoms with Gasteiger partial charge in [0.2, 0.25) is 5.91 Å². The molecule has 1 aromatic heterocycles. The highest BCUT2D eigenvalue weighted by Gasteiger charge is 2.25. The molecule has 3 amide bonds. The molecule has 2 aromatic rings. The van der Waals surface area contributed by atoms with Gasteiger partial charge in [-0.2, -0.15) is 0 Å². The van der Waals surface area contributed by atoms with E-state index >= 15 is 0 Å². The van der Waals surface area contributed by atoms with E-state index in [4.69, 9.17) is 0 Å². The monoisotopic (exact) mass is 393 g/mol. The third-order valence-electron chi connectivity index (χ3n) is 5.57. The summed E-state index contributed by atoms with van der Waals surface area (Å²) in [7, 11) is 0. The molecule has 2 aliphatic rings. The molecule has 7 heteroatoms. The molecule has 2 aliphatic heterocycles. The lowest BCUT2D eigenvalue weighted by Gasteiger charge is -2.35. The van der Waals surface area contributed by atoms with Crippen LogP contribution in [0.2, 0.25) is 0 Å². The van der Waals surface area contributed by atoms with Crippen molar-refractivity contribution in [2.24, 2.45) is 0 Å². The van der Waals surface area contributed by atoms with E-state index in [1.54, 1.807) is 11.1 Å². The molecule has 0 aliphatic carbocycles. The lowest BCUT2D eigenvalue weighted by atomic mass is 10.1. The van der Waals surface area contributed by atoms with E-state index in [1.165, 1.54) is 12.8 Å². The van der Waals surface area contributed by atoms with E-state index in [1.807, 2.05) is 47.4 Å². The number of anilines is 1. The Morgan fingerprint density at radius 3 is 2.21 bits per heavy atom. The SMILES string of the molecule is O=C(CN1CCCC1)N1CCN(C(=O)Nc2ccc(-c3ccccn3)cc2)CC1. The van der Waals surface area contributed by atoms with Crippen LogP contribution in [0, 0.1) is 0 Å². The number of likely N-dealkylation sites (tertiary alicyclic amines) is 1. The van der Waals surface area contributed by atoms with E-state index in [0.29, 0.717) is 32.7 Å². The average Bonchev–Trinajstić information content (AvgIpc) is 3.28. The molecule has 0 bridgehead atoms. The molecule has 0 atom stereocenters. The Bertz CT molecular complexity index is 826. The van der Waals surface area contributed by atoms with Gasteiger partial charge in [-0.3, -0.25) is 14.7 Å². The first-order chi connectivity index (χ1) is 14.2. The number of hydrogen-bond acceptors (Lipinski definition) is 4. The number of pyridine rings is 1. The summed E-state index contributed by atoms with van der Waals surface area (Å²) in [6, 6.07) is 13.3. The second-order valence-electron chi connectivity index (χ2n) is 7.57. The van der Waals surface area contributed by atoms with Crippen molar-refractivity contribution in [1.29, 1.82) is 0 Å². The van der Waals surface area contributed by atoms with Crippen LogP contribution in [0.5, 0.6) is 0 Å². The number of rotatable bonds is 4. The molecular weight excluding hydrogens is 366 g/mol. The van der Waals surface area contributed by atoms with Gasteiger partial charge in [-0.25, -0.2) is 4.79 Å². The fourth-order valence-corrected chi connectivity index (χ4v) is 3.85. The van der Waals surface area contributed by atoms with Crippen LogP contribution < -0.4 is 5.32 Å². The van der Waals surface area contributed by atoms with Gasteiger partial charge in [0, 0.05) is 43.6 Å².